The van der Waals surface area contributed by atoms with E-state index in [-0.39, 0.29) is 0 Å². The van der Waals surface area contributed by atoms with E-state index in [0.717, 1.165) is 25.0 Å². The van der Waals surface area contributed by atoms with Crippen molar-refractivity contribution in [2.24, 2.45) is 5.73 Å². The molecule has 0 bridgehead atoms. The third-order valence-electron chi connectivity index (χ3n) is 2.86. The van der Waals surface area contributed by atoms with Crippen LogP contribution in [0.4, 0.5) is 0 Å². The van der Waals surface area contributed by atoms with E-state index in [1.165, 1.54) is 10.9 Å². The standard InChI is InChI=1S/C14H17N3S/c1-17(8-6-14(15)18)10-11-4-5-13-12(9-11)3-2-7-16-13/h2-5,7,9H,6,8,10H2,1H3,(H2,15,18). The lowest BCUT2D eigenvalue weighted by atomic mass is 10.1. The second-order valence-electron chi connectivity index (χ2n) is 4.48. The van der Waals surface area contributed by atoms with Crippen molar-refractivity contribution in [1.82, 2.24) is 9.88 Å². The van der Waals surface area contributed by atoms with Gasteiger partial charge in [0, 0.05) is 31.1 Å². The van der Waals surface area contributed by atoms with Crippen molar-refractivity contribution in [3.8, 4) is 0 Å². The molecule has 1 aromatic carbocycles. The number of benzene rings is 1. The molecule has 3 nitrogen and oxygen atoms in total. The first-order valence-electron chi connectivity index (χ1n) is 5.95. The van der Waals surface area contributed by atoms with Gasteiger partial charge >= 0.3 is 0 Å². The molecule has 0 spiro atoms. The fourth-order valence-corrected chi connectivity index (χ4v) is 2.01. The minimum Gasteiger partial charge on any atom is -0.393 e. The van der Waals surface area contributed by atoms with E-state index in [1.807, 2.05) is 12.3 Å². The lowest BCUT2D eigenvalue weighted by Gasteiger charge is -2.16. The van der Waals surface area contributed by atoms with Crippen molar-refractivity contribution < 1.29 is 0 Å². The van der Waals surface area contributed by atoms with E-state index in [4.69, 9.17) is 18.0 Å². The van der Waals surface area contributed by atoms with Crippen LogP contribution < -0.4 is 5.73 Å². The van der Waals surface area contributed by atoms with Crippen LogP contribution in [-0.2, 0) is 6.54 Å². The Labute approximate surface area is 113 Å². The lowest BCUT2D eigenvalue weighted by molar-refractivity contribution is 0.337. The highest BCUT2D eigenvalue weighted by atomic mass is 32.1. The normalized spacial score (nSPS) is 11.0. The highest BCUT2D eigenvalue weighted by molar-refractivity contribution is 7.80. The quantitative estimate of drug-likeness (QED) is 0.837. The Balaban J connectivity index is 2.05. The molecule has 94 valence electrons. The van der Waals surface area contributed by atoms with Gasteiger partial charge in [-0.15, -0.1) is 0 Å². The minimum absolute atomic E-state index is 0.574. The SMILES string of the molecule is CN(CCC(N)=S)Cc1ccc2ncccc2c1. The first-order valence-corrected chi connectivity index (χ1v) is 6.36. The predicted octanol–water partition coefficient (Wildman–Crippen LogP) is 2.34. The minimum atomic E-state index is 0.574. The van der Waals surface area contributed by atoms with Gasteiger partial charge in [0.1, 0.15) is 0 Å². The van der Waals surface area contributed by atoms with Crippen LogP contribution in [0.5, 0.6) is 0 Å². The summed E-state index contributed by atoms with van der Waals surface area (Å²) in [7, 11) is 2.08. The van der Waals surface area contributed by atoms with E-state index in [0.29, 0.717) is 4.99 Å². The summed E-state index contributed by atoms with van der Waals surface area (Å²) in [4.78, 5) is 7.11. The predicted molar refractivity (Wildman–Crippen MR) is 79.5 cm³/mol. The monoisotopic (exact) mass is 259 g/mol. The van der Waals surface area contributed by atoms with E-state index in [2.05, 4.69) is 41.2 Å². The number of aromatic nitrogens is 1. The van der Waals surface area contributed by atoms with Gasteiger partial charge in [0.2, 0.25) is 0 Å². The number of rotatable bonds is 5. The van der Waals surface area contributed by atoms with Crippen LogP contribution in [0.1, 0.15) is 12.0 Å². The molecular weight excluding hydrogens is 242 g/mol. The van der Waals surface area contributed by atoms with Crippen molar-refractivity contribution in [1.29, 1.82) is 0 Å². The van der Waals surface area contributed by atoms with E-state index >= 15 is 0 Å². The number of fused-ring (bicyclic) bond motifs is 1. The number of thiocarbonyl (C=S) groups is 1. The molecular formula is C14H17N3S. The fraction of sp³-hybridized carbons (Fsp3) is 0.286. The Kier molecular flexibility index (Phi) is 4.23. The van der Waals surface area contributed by atoms with Gasteiger partial charge in [0.05, 0.1) is 10.5 Å². The van der Waals surface area contributed by atoms with Crippen LogP contribution >= 0.6 is 12.2 Å². The Morgan fingerprint density at radius 2 is 2.22 bits per heavy atom. The molecule has 18 heavy (non-hydrogen) atoms. The highest BCUT2D eigenvalue weighted by Crippen LogP contribution is 2.14. The zero-order valence-corrected chi connectivity index (χ0v) is 11.3. The Morgan fingerprint density at radius 3 is 3.00 bits per heavy atom. The number of nitrogens with two attached hydrogens (primary N) is 1. The third kappa shape index (κ3) is 3.48. The summed E-state index contributed by atoms with van der Waals surface area (Å²) in [5.74, 6) is 0. The Bertz CT molecular complexity index is 553. The maximum absolute atomic E-state index is 5.51. The molecule has 2 rings (SSSR count). The van der Waals surface area contributed by atoms with Crippen molar-refractivity contribution >= 4 is 28.1 Å². The Hall–Kier alpha value is -1.52. The summed E-state index contributed by atoms with van der Waals surface area (Å²) in [5.41, 5.74) is 7.82. The summed E-state index contributed by atoms with van der Waals surface area (Å²) in [6.07, 6.45) is 2.58. The molecule has 2 N–H and O–H groups in total. The van der Waals surface area contributed by atoms with Gasteiger partial charge in [0.15, 0.2) is 0 Å². The smallest absolute Gasteiger partial charge is 0.0740 e. The van der Waals surface area contributed by atoms with E-state index in [1.54, 1.807) is 0 Å². The first-order chi connectivity index (χ1) is 8.65. The molecule has 1 heterocycles. The summed E-state index contributed by atoms with van der Waals surface area (Å²) in [6, 6.07) is 10.4. The molecule has 0 radical (unpaired) electrons. The zero-order chi connectivity index (χ0) is 13.0. The van der Waals surface area contributed by atoms with Crippen molar-refractivity contribution in [2.75, 3.05) is 13.6 Å². The van der Waals surface area contributed by atoms with Crippen LogP contribution in [0.2, 0.25) is 0 Å². The molecule has 0 amide bonds. The molecule has 0 unspecified atom stereocenters. The summed E-state index contributed by atoms with van der Waals surface area (Å²) < 4.78 is 0. The lowest BCUT2D eigenvalue weighted by Crippen LogP contribution is -2.23. The van der Waals surface area contributed by atoms with Gasteiger partial charge in [-0.05, 0) is 30.8 Å². The second-order valence-corrected chi connectivity index (χ2v) is 5.01. The average molecular weight is 259 g/mol. The van der Waals surface area contributed by atoms with Crippen LogP contribution in [0, 0.1) is 0 Å². The molecule has 0 saturated carbocycles. The van der Waals surface area contributed by atoms with Crippen LogP contribution in [0.25, 0.3) is 10.9 Å². The molecule has 0 aliphatic rings. The maximum Gasteiger partial charge on any atom is 0.0740 e. The van der Waals surface area contributed by atoms with Gasteiger partial charge in [-0.2, -0.15) is 0 Å². The van der Waals surface area contributed by atoms with Gasteiger partial charge in [-0.3, -0.25) is 4.98 Å². The Morgan fingerprint density at radius 1 is 1.39 bits per heavy atom. The van der Waals surface area contributed by atoms with Crippen LogP contribution in [-0.4, -0.2) is 28.5 Å². The van der Waals surface area contributed by atoms with Gasteiger partial charge in [-0.1, -0.05) is 24.4 Å². The molecule has 0 saturated heterocycles. The molecule has 0 aliphatic carbocycles. The fourth-order valence-electron chi connectivity index (χ4n) is 1.92. The van der Waals surface area contributed by atoms with Crippen LogP contribution in [0.15, 0.2) is 36.5 Å². The molecule has 2 aromatic rings. The molecule has 0 atom stereocenters. The summed E-state index contributed by atoms with van der Waals surface area (Å²) in [5, 5.41) is 1.18. The highest BCUT2D eigenvalue weighted by Gasteiger charge is 2.02. The van der Waals surface area contributed by atoms with Gasteiger partial charge < -0.3 is 10.6 Å². The number of hydrogen-bond acceptors (Lipinski definition) is 3. The molecule has 0 aliphatic heterocycles. The first kappa shape index (κ1) is 12.9. The molecule has 4 heteroatoms. The summed E-state index contributed by atoms with van der Waals surface area (Å²) in [6.45, 7) is 1.79. The third-order valence-corrected chi connectivity index (χ3v) is 3.06. The van der Waals surface area contributed by atoms with Crippen molar-refractivity contribution in [3.63, 3.8) is 0 Å². The summed E-state index contributed by atoms with van der Waals surface area (Å²) >= 11 is 4.88. The molecule has 1 aromatic heterocycles. The number of pyridine rings is 1. The zero-order valence-electron chi connectivity index (χ0n) is 10.5. The second kappa shape index (κ2) is 5.89. The van der Waals surface area contributed by atoms with Crippen molar-refractivity contribution in [2.45, 2.75) is 13.0 Å². The van der Waals surface area contributed by atoms with Gasteiger partial charge in [-0.25, -0.2) is 0 Å². The average Bonchev–Trinajstić information content (AvgIpc) is 2.36. The topological polar surface area (TPSA) is 42.1 Å². The molecule has 0 fully saturated rings. The van der Waals surface area contributed by atoms with E-state index in [9.17, 15) is 0 Å². The van der Waals surface area contributed by atoms with Crippen molar-refractivity contribution in [3.05, 3.63) is 42.1 Å². The largest absolute Gasteiger partial charge is 0.393 e. The maximum atomic E-state index is 5.51. The number of nitrogens with zero attached hydrogens (tertiary/aromatic N) is 2. The van der Waals surface area contributed by atoms with E-state index < -0.39 is 0 Å². The van der Waals surface area contributed by atoms with Gasteiger partial charge in [0.25, 0.3) is 0 Å². The number of hydrogen-bond donors (Lipinski definition) is 1. The van der Waals surface area contributed by atoms with Crippen LogP contribution in [0.3, 0.4) is 0 Å².